The topological polar surface area (TPSA) is 114 Å². The van der Waals surface area contributed by atoms with E-state index in [1.165, 1.54) is 43.4 Å². The van der Waals surface area contributed by atoms with Gasteiger partial charge in [-0.2, -0.15) is 0 Å². The summed E-state index contributed by atoms with van der Waals surface area (Å²) in [4.78, 5) is 28.6. The predicted octanol–water partition coefficient (Wildman–Crippen LogP) is 3.85. The number of carbonyl (C=O) groups is 2. The molecule has 0 aliphatic heterocycles. The molecule has 0 aliphatic rings. The number of nitrogens with one attached hydrogen (secondary N) is 1. The van der Waals surface area contributed by atoms with Crippen LogP contribution in [0, 0.1) is 0 Å². The number of nitrogens with zero attached hydrogens (tertiary/aromatic N) is 2. The number of para-hydroxylation sites is 2. The number of hydrogen-bond donors (Lipinski definition) is 1. The minimum Gasteiger partial charge on any atom is -0.497 e. The van der Waals surface area contributed by atoms with Crippen LogP contribution in [0.2, 0.25) is 0 Å². The van der Waals surface area contributed by atoms with Crippen molar-refractivity contribution in [2.75, 3.05) is 38.7 Å². The minimum atomic E-state index is -4.26. The largest absolute Gasteiger partial charge is 0.497 e. The van der Waals surface area contributed by atoms with E-state index in [1.807, 2.05) is 6.07 Å². The van der Waals surface area contributed by atoms with Gasteiger partial charge in [-0.25, -0.2) is 8.42 Å². The number of likely N-dealkylation sites (N-methyl/N-ethyl adjacent to an activating group) is 1. The van der Waals surface area contributed by atoms with Gasteiger partial charge >= 0.3 is 0 Å². The van der Waals surface area contributed by atoms with Crippen molar-refractivity contribution >= 4 is 27.5 Å². The molecule has 0 saturated heterocycles. The highest BCUT2D eigenvalue weighted by atomic mass is 32.2. The molecule has 10 nitrogen and oxygen atoms in total. The molecule has 0 heterocycles. The number of methoxy groups -OCH3 is 3. The van der Waals surface area contributed by atoms with Crippen LogP contribution < -0.4 is 23.8 Å². The molecular weight excluding hydrogens is 546 g/mol. The third-order valence-corrected chi connectivity index (χ3v) is 8.28. The van der Waals surface area contributed by atoms with Crippen molar-refractivity contribution in [3.63, 3.8) is 0 Å². The lowest BCUT2D eigenvalue weighted by molar-refractivity contribution is -0.140. The minimum absolute atomic E-state index is 0.0351. The van der Waals surface area contributed by atoms with Crippen LogP contribution >= 0.6 is 0 Å². The van der Waals surface area contributed by atoms with Crippen molar-refractivity contribution in [1.29, 1.82) is 0 Å². The van der Waals surface area contributed by atoms with Gasteiger partial charge in [0.25, 0.3) is 10.0 Å². The van der Waals surface area contributed by atoms with Gasteiger partial charge in [0.05, 0.1) is 31.9 Å². The molecule has 2 amide bonds. The first-order chi connectivity index (χ1) is 19.7. The van der Waals surface area contributed by atoms with Crippen molar-refractivity contribution in [3.05, 3.63) is 78.4 Å². The SMILES string of the molecule is CCNC(=O)[C@H](CC)N(Cc1cccc(OC)c1)C(=O)CN(c1ccccc1OC)S(=O)(=O)c1ccc(OC)cc1. The van der Waals surface area contributed by atoms with Crippen molar-refractivity contribution < 1.29 is 32.2 Å². The van der Waals surface area contributed by atoms with E-state index >= 15 is 0 Å². The monoisotopic (exact) mass is 583 g/mol. The van der Waals surface area contributed by atoms with Gasteiger partial charge in [0.15, 0.2) is 0 Å². The Morgan fingerprint density at radius 2 is 1.54 bits per heavy atom. The van der Waals surface area contributed by atoms with Crippen LogP contribution in [0.15, 0.2) is 77.7 Å². The number of ether oxygens (including phenoxy) is 3. The van der Waals surface area contributed by atoms with Crippen molar-refractivity contribution in [1.82, 2.24) is 10.2 Å². The summed E-state index contributed by atoms with van der Waals surface area (Å²) in [5, 5.41) is 2.79. The fraction of sp³-hybridized carbons (Fsp3) is 0.333. The summed E-state index contributed by atoms with van der Waals surface area (Å²) in [7, 11) is 0.197. The maximum atomic E-state index is 14.1. The van der Waals surface area contributed by atoms with Gasteiger partial charge in [0.1, 0.15) is 29.8 Å². The van der Waals surface area contributed by atoms with Crippen molar-refractivity contribution in [2.24, 2.45) is 0 Å². The average molecular weight is 584 g/mol. The van der Waals surface area contributed by atoms with E-state index in [0.29, 0.717) is 24.5 Å². The molecule has 0 fully saturated rings. The highest BCUT2D eigenvalue weighted by Crippen LogP contribution is 2.33. The van der Waals surface area contributed by atoms with E-state index in [4.69, 9.17) is 14.2 Å². The second-order valence-electron chi connectivity index (χ2n) is 9.05. The van der Waals surface area contributed by atoms with Gasteiger partial charge < -0.3 is 24.4 Å². The van der Waals surface area contributed by atoms with Crippen LogP contribution in [-0.2, 0) is 26.2 Å². The molecule has 0 spiro atoms. The van der Waals surface area contributed by atoms with E-state index in [0.717, 1.165) is 9.87 Å². The normalized spacial score (nSPS) is 11.7. The van der Waals surface area contributed by atoms with Crippen LogP contribution in [0.4, 0.5) is 5.69 Å². The fourth-order valence-corrected chi connectivity index (χ4v) is 5.83. The molecule has 0 radical (unpaired) electrons. The zero-order chi connectivity index (χ0) is 30.0. The first kappa shape index (κ1) is 31.3. The molecule has 1 atom stereocenters. The number of anilines is 1. The summed E-state index contributed by atoms with van der Waals surface area (Å²) < 4.78 is 45.1. The van der Waals surface area contributed by atoms with Gasteiger partial charge in [0, 0.05) is 13.1 Å². The third-order valence-electron chi connectivity index (χ3n) is 6.50. The Morgan fingerprint density at radius 1 is 0.854 bits per heavy atom. The number of sulfonamides is 1. The van der Waals surface area contributed by atoms with Gasteiger partial charge in [-0.1, -0.05) is 31.2 Å². The lowest BCUT2D eigenvalue weighted by Crippen LogP contribution is -2.52. The lowest BCUT2D eigenvalue weighted by atomic mass is 10.1. The molecule has 220 valence electrons. The van der Waals surface area contributed by atoms with Crippen LogP contribution in [0.3, 0.4) is 0 Å². The van der Waals surface area contributed by atoms with Crippen molar-refractivity contribution in [3.8, 4) is 17.2 Å². The summed E-state index contributed by atoms with van der Waals surface area (Å²) >= 11 is 0. The molecule has 0 bridgehead atoms. The second-order valence-corrected chi connectivity index (χ2v) is 10.9. The molecule has 0 aliphatic carbocycles. The summed E-state index contributed by atoms with van der Waals surface area (Å²) in [5.74, 6) is 0.467. The maximum absolute atomic E-state index is 14.1. The third kappa shape index (κ3) is 7.49. The summed E-state index contributed by atoms with van der Waals surface area (Å²) in [6, 6.07) is 18.8. The van der Waals surface area contributed by atoms with Crippen LogP contribution in [0.1, 0.15) is 25.8 Å². The summed E-state index contributed by atoms with van der Waals surface area (Å²) in [5.41, 5.74) is 0.911. The zero-order valence-corrected chi connectivity index (χ0v) is 24.8. The Balaban J connectivity index is 2.10. The number of amides is 2. The highest BCUT2D eigenvalue weighted by molar-refractivity contribution is 7.92. The number of benzene rings is 3. The van der Waals surface area contributed by atoms with Crippen molar-refractivity contribution in [2.45, 2.75) is 37.8 Å². The Kier molecular flexibility index (Phi) is 11.0. The van der Waals surface area contributed by atoms with Gasteiger partial charge in [-0.05, 0) is 67.4 Å². The number of carbonyl (C=O) groups excluding carboxylic acids is 2. The summed E-state index contributed by atoms with van der Waals surface area (Å²) in [6.45, 7) is 3.47. The zero-order valence-electron chi connectivity index (χ0n) is 24.0. The Hall–Kier alpha value is -4.25. The number of hydrogen-bond acceptors (Lipinski definition) is 7. The molecule has 3 aromatic carbocycles. The van der Waals surface area contributed by atoms with Gasteiger partial charge in [0.2, 0.25) is 11.8 Å². The molecule has 1 N–H and O–H groups in total. The second kappa shape index (κ2) is 14.4. The molecule has 0 saturated carbocycles. The standard InChI is InChI=1S/C30H37N3O7S/c1-6-26(30(35)31-7-2)32(20-22-11-10-12-24(19-22)39-4)29(34)21-33(27-13-8-9-14-28(27)40-5)41(36,37)25-17-15-23(38-3)16-18-25/h8-19,26H,6-7,20-21H2,1-5H3,(H,31,35)/t26-/m0/s1. The predicted molar refractivity (Wildman–Crippen MR) is 157 cm³/mol. The Labute approximate surface area is 241 Å². The lowest BCUT2D eigenvalue weighted by Gasteiger charge is -2.33. The van der Waals surface area contributed by atoms with Gasteiger partial charge in [-0.15, -0.1) is 0 Å². The molecular formula is C30H37N3O7S. The quantitative estimate of drug-likeness (QED) is 0.307. The van der Waals surface area contributed by atoms with Crippen LogP contribution in [0.5, 0.6) is 17.2 Å². The first-order valence-corrected chi connectivity index (χ1v) is 14.6. The average Bonchev–Trinajstić information content (AvgIpc) is 2.99. The molecule has 11 heteroatoms. The smallest absolute Gasteiger partial charge is 0.264 e. The number of rotatable bonds is 14. The highest BCUT2D eigenvalue weighted by Gasteiger charge is 2.34. The van der Waals surface area contributed by atoms with E-state index in [1.54, 1.807) is 63.4 Å². The van der Waals surface area contributed by atoms with E-state index in [9.17, 15) is 18.0 Å². The van der Waals surface area contributed by atoms with E-state index < -0.39 is 28.5 Å². The first-order valence-electron chi connectivity index (χ1n) is 13.2. The molecule has 41 heavy (non-hydrogen) atoms. The fourth-order valence-electron chi connectivity index (χ4n) is 4.40. The maximum Gasteiger partial charge on any atom is 0.264 e. The van der Waals surface area contributed by atoms with E-state index in [2.05, 4.69) is 5.32 Å². The van der Waals surface area contributed by atoms with E-state index in [-0.39, 0.29) is 28.8 Å². The molecule has 3 rings (SSSR count). The molecule has 0 aromatic heterocycles. The Bertz CT molecular complexity index is 1430. The van der Waals surface area contributed by atoms with Gasteiger partial charge in [-0.3, -0.25) is 13.9 Å². The molecule has 0 unspecified atom stereocenters. The summed E-state index contributed by atoms with van der Waals surface area (Å²) in [6.07, 6.45) is 0.321. The Morgan fingerprint density at radius 3 is 2.15 bits per heavy atom. The van der Waals surface area contributed by atoms with Crippen LogP contribution in [-0.4, -0.2) is 65.6 Å². The van der Waals surface area contributed by atoms with Crippen LogP contribution in [0.25, 0.3) is 0 Å². The molecule has 3 aromatic rings.